The van der Waals surface area contributed by atoms with Gasteiger partial charge in [0.1, 0.15) is 0 Å². The van der Waals surface area contributed by atoms with E-state index in [4.69, 9.17) is 5.11 Å². The molecule has 1 N–H and O–H groups in total. The van der Waals surface area contributed by atoms with Gasteiger partial charge in [0.05, 0.1) is 5.41 Å². The molecule has 1 rings (SSSR count). The van der Waals surface area contributed by atoms with E-state index in [2.05, 4.69) is 0 Å². The third kappa shape index (κ3) is 2.84. The summed E-state index contributed by atoms with van der Waals surface area (Å²) >= 11 is 1.68. The van der Waals surface area contributed by atoms with Crippen molar-refractivity contribution in [2.24, 2.45) is 5.41 Å². The topological polar surface area (TPSA) is 37.3 Å². The molecule has 0 aliphatic carbocycles. The molecule has 0 amide bonds. The van der Waals surface area contributed by atoms with Crippen LogP contribution in [0.25, 0.3) is 0 Å². The SMILES string of the molecule is CC(C)(CCc1cccs1)C(=O)O. The first-order chi connectivity index (χ1) is 6.02. The summed E-state index contributed by atoms with van der Waals surface area (Å²) in [6.45, 7) is 3.53. The summed E-state index contributed by atoms with van der Waals surface area (Å²) in [5, 5.41) is 10.9. The van der Waals surface area contributed by atoms with Crippen molar-refractivity contribution in [3.63, 3.8) is 0 Å². The number of aryl methyl sites for hydroxylation is 1. The number of carbonyl (C=O) groups is 1. The monoisotopic (exact) mass is 198 g/mol. The molecule has 0 unspecified atom stereocenters. The molecule has 0 aromatic carbocycles. The molecule has 72 valence electrons. The quantitative estimate of drug-likeness (QED) is 0.807. The van der Waals surface area contributed by atoms with Crippen molar-refractivity contribution in [2.45, 2.75) is 26.7 Å². The van der Waals surface area contributed by atoms with E-state index >= 15 is 0 Å². The van der Waals surface area contributed by atoms with Gasteiger partial charge in [0, 0.05) is 4.88 Å². The molecular weight excluding hydrogens is 184 g/mol. The predicted octanol–water partition coefficient (Wildman–Crippen LogP) is 2.79. The fourth-order valence-electron chi connectivity index (χ4n) is 0.997. The number of hydrogen-bond acceptors (Lipinski definition) is 2. The zero-order valence-corrected chi connectivity index (χ0v) is 8.73. The summed E-state index contributed by atoms with van der Waals surface area (Å²) in [4.78, 5) is 12.0. The molecule has 0 spiro atoms. The van der Waals surface area contributed by atoms with Crippen LogP contribution in [0.3, 0.4) is 0 Å². The van der Waals surface area contributed by atoms with E-state index in [-0.39, 0.29) is 0 Å². The third-order valence-electron chi connectivity index (χ3n) is 2.16. The summed E-state index contributed by atoms with van der Waals surface area (Å²) in [5.74, 6) is -0.718. The van der Waals surface area contributed by atoms with Crippen LogP contribution < -0.4 is 0 Å². The maximum atomic E-state index is 10.8. The van der Waals surface area contributed by atoms with Gasteiger partial charge in [0.2, 0.25) is 0 Å². The van der Waals surface area contributed by atoms with E-state index in [1.165, 1.54) is 4.88 Å². The number of thiophene rings is 1. The molecule has 0 saturated heterocycles. The van der Waals surface area contributed by atoms with Gasteiger partial charge in [-0.05, 0) is 38.1 Å². The fraction of sp³-hybridized carbons (Fsp3) is 0.500. The molecule has 2 nitrogen and oxygen atoms in total. The van der Waals surface area contributed by atoms with Gasteiger partial charge in [0.15, 0.2) is 0 Å². The van der Waals surface area contributed by atoms with Gasteiger partial charge in [-0.25, -0.2) is 0 Å². The Bertz CT molecular complexity index is 275. The lowest BCUT2D eigenvalue weighted by Gasteiger charge is -2.17. The average molecular weight is 198 g/mol. The third-order valence-corrected chi connectivity index (χ3v) is 3.09. The number of rotatable bonds is 4. The first-order valence-electron chi connectivity index (χ1n) is 4.28. The van der Waals surface area contributed by atoms with Gasteiger partial charge in [-0.2, -0.15) is 0 Å². The smallest absolute Gasteiger partial charge is 0.309 e. The van der Waals surface area contributed by atoms with Crippen LogP contribution in [-0.4, -0.2) is 11.1 Å². The molecule has 1 heterocycles. The minimum absolute atomic E-state index is 0.607. The van der Waals surface area contributed by atoms with Crippen molar-refractivity contribution in [2.75, 3.05) is 0 Å². The van der Waals surface area contributed by atoms with Crippen LogP contribution in [0, 0.1) is 5.41 Å². The lowest BCUT2D eigenvalue weighted by Crippen LogP contribution is -2.23. The molecule has 0 aliphatic heterocycles. The second-order valence-corrected chi connectivity index (χ2v) is 4.80. The van der Waals surface area contributed by atoms with E-state index in [1.54, 1.807) is 25.2 Å². The zero-order valence-electron chi connectivity index (χ0n) is 7.91. The van der Waals surface area contributed by atoms with Gasteiger partial charge in [-0.1, -0.05) is 6.07 Å². The molecule has 3 heteroatoms. The van der Waals surface area contributed by atoms with Gasteiger partial charge < -0.3 is 5.11 Å². The molecule has 0 radical (unpaired) electrons. The Labute approximate surface area is 82.2 Å². The van der Waals surface area contributed by atoms with Crippen molar-refractivity contribution < 1.29 is 9.90 Å². The average Bonchev–Trinajstić information content (AvgIpc) is 2.52. The Morgan fingerprint density at radius 2 is 2.31 bits per heavy atom. The molecule has 0 atom stereocenters. The maximum Gasteiger partial charge on any atom is 0.309 e. The minimum Gasteiger partial charge on any atom is -0.481 e. The van der Waals surface area contributed by atoms with E-state index < -0.39 is 11.4 Å². The standard InChI is InChI=1S/C10H14O2S/c1-10(2,9(11)12)6-5-8-4-3-7-13-8/h3-4,7H,5-6H2,1-2H3,(H,11,12). The highest BCUT2D eigenvalue weighted by atomic mass is 32.1. The second kappa shape index (κ2) is 3.92. The van der Waals surface area contributed by atoms with Crippen LogP contribution in [0.4, 0.5) is 0 Å². The van der Waals surface area contributed by atoms with Crippen molar-refractivity contribution >= 4 is 17.3 Å². The summed E-state index contributed by atoms with van der Waals surface area (Å²) in [6, 6.07) is 4.04. The second-order valence-electron chi connectivity index (χ2n) is 3.77. The summed E-state index contributed by atoms with van der Waals surface area (Å²) < 4.78 is 0. The number of aliphatic carboxylic acids is 1. The first kappa shape index (κ1) is 10.3. The van der Waals surface area contributed by atoms with Crippen molar-refractivity contribution in [3.8, 4) is 0 Å². The molecule has 1 aromatic heterocycles. The predicted molar refractivity (Wildman–Crippen MR) is 54.1 cm³/mol. The van der Waals surface area contributed by atoms with Crippen LogP contribution in [0.5, 0.6) is 0 Å². The lowest BCUT2D eigenvalue weighted by atomic mass is 9.88. The first-order valence-corrected chi connectivity index (χ1v) is 5.16. The van der Waals surface area contributed by atoms with E-state index in [0.717, 1.165) is 6.42 Å². The Kier molecular flexibility index (Phi) is 3.09. The van der Waals surface area contributed by atoms with Crippen LogP contribution in [-0.2, 0) is 11.2 Å². The van der Waals surface area contributed by atoms with E-state index in [9.17, 15) is 4.79 Å². The Morgan fingerprint density at radius 3 is 2.77 bits per heavy atom. The van der Waals surface area contributed by atoms with Crippen LogP contribution in [0.15, 0.2) is 17.5 Å². The summed E-state index contributed by atoms with van der Waals surface area (Å²) in [5.41, 5.74) is -0.607. The highest BCUT2D eigenvalue weighted by molar-refractivity contribution is 7.09. The highest BCUT2D eigenvalue weighted by Gasteiger charge is 2.26. The lowest BCUT2D eigenvalue weighted by molar-refractivity contribution is -0.147. The maximum absolute atomic E-state index is 10.8. The summed E-state index contributed by atoms with van der Waals surface area (Å²) in [6.07, 6.45) is 1.56. The Hall–Kier alpha value is -0.830. The van der Waals surface area contributed by atoms with Crippen molar-refractivity contribution in [1.82, 2.24) is 0 Å². The number of hydrogen-bond donors (Lipinski definition) is 1. The van der Waals surface area contributed by atoms with Gasteiger partial charge in [-0.15, -0.1) is 11.3 Å². The molecule has 0 bridgehead atoms. The Balaban J connectivity index is 2.47. The van der Waals surface area contributed by atoms with E-state index in [1.807, 2.05) is 17.5 Å². The zero-order chi connectivity index (χ0) is 9.90. The minimum atomic E-state index is -0.718. The van der Waals surface area contributed by atoms with Gasteiger partial charge >= 0.3 is 5.97 Å². The van der Waals surface area contributed by atoms with Crippen molar-refractivity contribution in [3.05, 3.63) is 22.4 Å². The van der Waals surface area contributed by atoms with Crippen LogP contribution >= 0.6 is 11.3 Å². The largest absolute Gasteiger partial charge is 0.481 e. The highest BCUT2D eigenvalue weighted by Crippen LogP contribution is 2.24. The van der Waals surface area contributed by atoms with Crippen LogP contribution in [0.1, 0.15) is 25.1 Å². The number of carboxylic acid groups (broad SMARTS) is 1. The molecule has 0 fully saturated rings. The number of carboxylic acids is 1. The van der Waals surface area contributed by atoms with Crippen molar-refractivity contribution in [1.29, 1.82) is 0 Å². The Morgan fingerprint density at radius 1 is 1.62 bits per heavy atom. The molecule has 0 aliphatic rings. The van der Waals surface area contributed by atoms with Gasteiger partial charge in [-0.3, -0.25) is 4.79 Å². The summed E-state index contributed by atoms with van der Waals surface area (Å²) in [7, 11) is 0. The molecule has 1 aromatic rings. The van der Waals surface area contributed by atoms with Crippen LogP contribution in [0.2, 0.25) is 0 Å². The van der Waals surface area contributed by atoms with E-state index in [0.29, 0.717) is 6.42 Å². The molecule has 13 heavy (non-hydrogen) atoms. The van der Waals surface area contributed by atoms with Gasteiger partial charge in [0.25, 0.3) is 0 Å². The fourth-order valence-corrected chi connectivity index (χ4v) is 1.71. The normalized spacial score (nSPS) is 11.5. The molecular formula is C10H14O2S. The molecule has 0 saturated carbocycles.